The summed E-state index contributed by atoms with van der Waals surface area (Å²) in [6, 6.07) is 4.88. The number of nitrogens with zero attached hydrogens (tertiary/aromatic N) is 2. The van der Waals surface area contributed by atoms with Crippen LogP contribution in [0.5, 0.6) is 5.75 Å². The average molecular weight is 337 g/mol. The molecule has 1 aromatic rings. The Kier molecular flexibility index (Phi) is 4.48. The van der Waals surface area contributed by atoms with Crippen molar-refractivity contribution in [1.82, 2.24) is 9.80 Å². The minimum absolute atomic E-state index is 0.0357. The molecule has 0 spiro atoms. The summed E-state index contributed by atoms with van der Waals surface area (Å²) in [6.07, 6.45) is 1.66. The number of aryl methyl sites for hydroxylation is 1. The van der Waals surface area contributed by atoms with Crippen molar-refractivity contribution in [2.75, 3.05) is 19.7 Å². The van der Waals surface area contributed by atoms with Crippen molar-refractivity contribution in [3.8, 4) is 5.75 Å². The van der Waals surface area contributed by atoms with Gasteiger partial charge < -0.3 is 14.5 Å². The minimum Gasteiger partial charge on any atom is -0.490 e. The van der Waals surface area contributed by atoms with Gasteiger partial charge in [0.25, 0.3) is 0 Å². The predicted octanol–water partition coefficient (Wildman–Crippen LogP) is 2.25. The summed E-state index contributed by atoms with van der Waals surface area (Å²) in [5.41, 5.74) is 1.06. The smallest absolute Gasteiger partial charge is 0.246 e. The minimum atomic E-state index is -0.423. The monoisotopic (exact) mass is 336 g/mol. The molecule has 0 unspecified atom stereocenters. The summed E-state index contributed by atoms with van der Waals surface area (Å²) < 4.78 is 5.71. The molecular weight excluding hydrogens is 316 g/mol. The van der Waals surface area contributed by atoms with Gasteiger partial charge in [0.2, 0.25) is 11.8 Å². The molecule has 0 radical (unpaired) electrons. The second-order valence-corrected chi connectivity index (χ2v) is 6.59. The zero-order valence-electron chi connectivity index (χ0n) is 13.4. The van der Waals surface area contributed by atoms with Gasteiger partial charge >= 0.3 is 0 Å². The SMILES string of the molecule is Cc1ccc(Cl)c(OCCN2C(=O)[C@@H]3CCCN3C(=O)[C@@H]2C)c1. The zero-order valence-corrected chi connectivity index (χ0v) is 14.2. The fraction of sp³-hybridized carbons (Fsp3) is 0.529. The standard InChI is InChI=1S/C17H21ClN2O3/c1-11-5-6-13(18)15(10-11)23-9-8-19-12(2)16(21)20-7-3-4-14(20)17(19)22/h5-6,10,12,14H,3-4,7-9H2,1-2H3/t12-,14-/m0/s1. The van der Waals surface area contributed by atoms with Gasteiger partial charge in [0.05, 0.1) is 11.6 Å². The lowest BCUT2D eigenvalue weighted by molar-refractivity contribution is -0.158. The van der Waals surface area contributed by atoms with Crippen molar-refractivity contribution in [2.45, 2.75) is 38.8 Å². The number of hydrogen-bond donors (Lipinski definition) is 0. The molecule has 0 N–H and O–H groups in total. The van der Waals surface area contributed by atoms with E-state index in [-0.39, 0.29) is 17.9 Å². The number of carbonyl (C=O) groups is 2. The number of rotatable bonds is 4. The maximum atomic E-state index is 12.6. The van der Waals surface area contributed by atoms with E-state index in [0.717, 1.165) is 18.4 Å². The van der Waals surface area contributed by atoms with E-state index < -0.39 is 6.04 Å². The van der Waals surface area contributed by atoms with Crippen LogP contribution in [-0.2, 0) is 9.59 Å². The first kappa shape index (κ1) is 16.1. The summed E-state index contributed by atoms with van der Waals surface area (Å²) in [4.78, 5) is 28.3. The summed E-state index contributed by atoms with van der Waals surface area (Å²) in [5, 5.41) is 0.548. The van der Waals surface area contributed by atoms with E-state index >= 15 is 0 Å². The largest absolute Gasteiger partial charge is 0.490 e. The first-order chi connectivity index (χ1) is 11.0. The highest BCUT2D eigenvalue weighted by molar-refractivity contribution is 6.32. The van der Waals surface area contributed by atoms with E-state index in [2.05, 4.69) is 0 Å². The fourth-order valence-electron chi connectivity index (χ4n) is 3.32. The number of hydrogen-bond acceptors (Lipinski definition) is 3. The number of amides is 2. The Morgan fingerprint density at radius 3 is 2.87 bits per heavy atom. The van der Waals surface area contributed by atoms with Gasteiger partial charge in [-0.25, -0.2) is 0 Å². The quantitative estimate of drug-likeness (QED) is 0.847. The van der Waals surface area contributed by atoms with Crippen LogP contribution < -0.4 is 4.74 Å². The first-order valence-electron chi connectivity index (χ1n) is 7.99. The highest BCUT2D eigenvalue weighted by Crippen LogP contribution is 2.28. The van der Waals surface area contributed by atoms with Gasteiger partial charge in [-0.15, -0.1) is 0 Å². The Morgan fingerprint density at radius 1 is 1.30 bits per heavy atom. The number of ether oxygens (including phenoxy) is 1. The lowest BCUT2D eigenvalue weighted by Crippen LogP contribution is -2.62. The molecule has 3 rings (SSSR count). The molecule has 5 nitrogen and oxygen atoms in total. The number of halogens is 1. The second kappa shape index (κ2) is 6.40. The Labute approximate surface area is 141 Å². The number of carbonyl (C=O) groups excluding carboxylic acids is 2. The number of piperazine rings is 1. The Bertz CT molecular complexity index is 634. The molecule has 6 heteroatoms. The van der Waals surface area contributed by atoms with E-state index in [0.29, 0.717) is 30.5 Å². The van der Waals surface area contributed by atoms with Crippen molar-refractivity contribution in [3.05, 3.63) is 28.8 Å². The Balaban J connectivity index is 1.64. The van der Waals surface area contributed by atoms with Crippen molar-refractivity contribution >= 4 is 23.4 Å². The van der Waals surface area contributed by atoms with Crippen LogP contribution >= 0.6 is 11.6 Å². The van der Waals surface area contributed by atoms with Gasteiger partial charge in [-0.05, 0) is 44.4 Å². The van der Waals surface area contributed by atoms with Crippen LogP contribution in [0.1, 0.15) is 25.3 Å². The number of benzene rings is 1. The Hall–Kier alpha value is -1.75. The summed E-state index contributed by atoms with van der Waals surface area (Å²) >= 11 is 6.10. The van der Waals surface area contributed by atoms with Gasteiger partial charge in [-0.1, -0.05) is 17.7 Å². The molecule has 2 aliphatic heterocycles. The third-order valence-corrected chi connectivity index (χ3v) is 4.92. The van der Waals surface area contributed by atoms with Crippen molar-refractivity contribution in [3.63, 3.8) is 0 Å². The summed E-state index contributed by atoms with van der Waals surface area (Å²) in [5.74, 6) is 0.687. The van der Waals surface area contributed by atoms with Crippen LogP contribution in [0.15, 0.2) is 18.2 Å². The molecule has 0 saturated carbocycles. The average Bonchev–Trinajstić information content (AvgIpc) is 3.01. The van der Waals surface area contributed by atoms with Crippen LogP contribution in [0, 0.1) is 6.92 Å². The van der Waals surface area contributed by atoms with Crippen LogP contribution in [0.2, 0.25) is 5.02 Å². The van der Waals surface area contributed by atoms with Crippen LogP contribution in [0.25, 0.3) is 0 Å². The lowest BCUT2D eigenvalue weighted by atomic mass is 10.1. The lowest BCUT2D eigenvalue weighted by Gasteiger charge is -2.40. The molecule has 1 aromatic carbocycles. The van der Waals surface area contributed by atoms with E-state index in [9.17, 15) is 9.59 Å². The van der Waals surface area contributed by atoms with E-state index in [4.69, 9.17) is 16.3 Å². The van der Waals surface area contributed by atoms with Crippen molar-refractivity contribution in [1.29, 1.82) is 0 Å². The topological polar surface area (TPSA) is 49.9 Å². The second-order valence-electron chi connectivity index (χ2n) is 6.18. The Morgan fingerprint density at radius 2 is 2.09 bits per heavy atom. The molecule has 0 bridgehead atoms. The molecule has 0 aromatic heterocycles. The fourth-order valence-corrected chi connectivity index (χ4v) is 3.49. The molecule has 2 fully saturated rings. The molecule has 2 aliphatic rings. The van der Waals surface area contributed by atoms with Crippen LogP contribution in [0.4, 0.5) is 0 Å². The maximum Gasteiger partial charge on any atom is 0.246 e. The van der Waals surface area contributed by atoms with Crippen LogP contribution in [0.3, 0.4) is 0 Å². The number of fused-ring (bicyclic) bond motifs is 1. The molecule has 0 aliphatic carbocycles. The molecule has 2 atom stereocenters. The van der Waals surface area contributed by atoms with Gasteiger partial charge in [-0.3, -0.25) is 9.59 Å². The highest BCUT2D eigenvalue weighted by Gasteiger charge is 2.45. The van der Waals surface area contributed by atoms with Gasteiger partial charge in [0, 0.05) is 6.54 Å². The van der Waals surface area contributed by atoms with Crippen molar-refractivity contribution in [2.24, 2.45) is 0 Å². The molecule has 124 valence electrons. The van der Waals surface area contributed by atoms with Crippen LogP contribution in [-0.4, -0.2) is 53.4 Å². The summed E-state index contributed by atoms with van der Waals surface area (Å²) in [7, 11) is 0. The third kappa shape index (κ3) is 3.02. The first-order valence-corrected chi connectivity index (χ1v) is 8.37. The zero-order chi connectivity index (χ0) is 16.6. The molecular formula is C17H21ClN2O3. The van der Waals surface area contributed by atoms with E-state index in [1.807, 2.05) is 19.1 Å². The third-order valence-electron chi connectivity index (χ3n) is 4.61. The summed E-state index contributed by atoms with van der Waals surface area (Å²) in [6.45, 7) is 5.16. The maximum absolute atomic E-state index is 12.6. The molecule has 2 heterocycles. The molecule has 2 amide bonds. The normalized spacial score (nSPS) is 24.1. The van der Waals surface area contributed by atoms with Gasteiger partial charge in [0.1, 0.15) is 24.4 Å². The van der Waals surface area contributed by atoms with E-state index in [1.165, 1.54) is 0 Å². The van der Waals surface area contributed by atoms with E-state index in [1.54, 1.807) is 22.8 Å². The molecule has 23 heavy (non-hydrogen) atoms. The predicted molar refractivity (Wildman–Crippen MR) is 87.6 cm³/mol. The van der Waals surface area contributed by atoms with Gasteiger partial charge in [-0.2, -0.15) is 0 Å². The van der Waals surface area contributed by atoms with Gasteiger partial charge in [0.15, 0.2) is 0 Å². The molecule has 2 saturated heterocycles. The highest BCUT2D eigenvalue weighted by atomic mass is 35.5. The van der Waals surface area contributed by atoms with Crippen molar-refractivity contribution < 1.29 is 14.3 Å².